The Morgan fingerprint density at radius 1 is 1.18 bits per heavy atom. The minimum atomic E-state index is -0.739. The Kier molecular flexibility index (Phi) is 8.30. The van der Waals surface area contributed by atoms with Gasteiger partial charge in [0.25, 0.3) is 0 Å². The van der Waals surface area contributed by atoms with Gasteiger partial charge in [0.15, 0.2) is 0 Å². The standard InChI is InChI=1S/C29H31F2N7O2/c1-18-16-37(17-24(33)29(18)40-10-2-7-32)26-5-8-34-14-20(26)13-27-35-15-21-3-4-25(36-38(21)27)28-22(30)11-19(6-9-39)12-23(28)31/h3-5,8,11-12,14-15,18,24,29,39H,2,6,9-10,13,16-17,33H2,1H3/t18-,24+,29-/m0/s1. The number of benzene rings is 1. The quantitative estimate of drug-likeness (QED) is 0.306. The zero-order chi connectivity index (χ0) is 28.2. The second-order valence-electron chi connectivity index (χ2n) is 10.1. The lowest BCUT2D eigenvalue weighted by atomic mass is 9.91. The number of nitrogens with zero attached hydrogens (tertiary/aromatic N) is 6. The van der Waals surface area contributed by atoms with E-state index >= 15 is 0 Å². The highest BCUT2D eigenvalue weighted by molar-refractivity contribution is 5.63. The number of halogens is 2. The van der Waals surface area contributed by atoms with Crippen LogP contribution in [0, 0.1) is 28.9 Å². The molecule has 0 spiro atoms. The lowest BCUT2D eigenvalue weighted by Crippen LogP contribution is -2.57. The third-order valence-electron chi connectivity index (χ3n) is 7.23. The summed E-state index contributed by atoms with van der Waals surface area (Å²) < 4.78 is 37.3. The summed E-state index contributed by atoms with van der Waals surface area (Å²) in [7, 11) is 0. The van der Waals surface area contributed by atoms with E-state index in [4.69, 9.17) is 20.8 Å². The Morgan fingerprint density at radius 3 is 2.70 bits per heavy atom. The minimum absolute atomic E-state index is 0.132. The van der Waals surface area contributed by atoms with Gasteiger partial charge in [0.05, 0.1) is 48.2 Å². The first kappa shape index (κ1) is 27.6. The molecule has 3 atom stereocenters. The van der Waals surface area contributed by atoms with E-state index in [-0.39, 0.29) is 42.3 Å². The number of hydrogen-bond acceptors (Lipinski definition) is 8. The highest BCUT2D eigenvalue weighted by atomic mass is 19.1. The fourth-order valence-corrected chi connectivity index (χ4v) is 5.40. The van der Waals surface area contributed by atoms with Crippen LogP contribution >= 0.6 is 0 Å². The SMILES string of the molecule is C[C@H]1CN(c2ccncc2Cc2ncc3ccc(-c4c(F)cc(CCO)cc4F)nn23)C[C@@H](N)[C@H]1OCCC#N. The van der Waals surface area contributed by atoms with Crippen LogP contribution in [0.3, 0.4) is 0 Å². The molecule has 0 unspecified atom stereocenters. The number of ether oxygens (including phenoxy) is 1. The van der Waals surface area contributed by atoms with Gasteiger partial charge in [0, 0.05) is 61.7 Å². The number of piperidine rings is 1. The number of anilines is 1. The molecule has 1 aliphatic rings. The van der Waals surface area contributed by atoms with E-state index in [2.05, 4.69) is 33.0 Å². The van der Waals surface area contributed by atoms with Crippen LogP contribution in [0.5, 0.6) is 0 Å². The van der Waals surface area contributed by atoms with Gasteiger partial charge in [0.2, 0.25) is 0 Å². The molecule has 5 rings (SSSR count). The first-order valence-corrected chi connectivity index (χ1v) is 13.2. The van der Waals surface area contributed by atoms with Crippen molar-refractivity contribution in [2.45, 2.75) is 38.3 Å². The number of imidazole rings is 1. The molecular formula is C29H31F2N7O2. The molecule has 208 valence electrons. The van der Waals surface area contributed by atoms with Crippen LogP contribution in [-0.2, 0) is 17.6 Å². The van der Waals surface area contributed by atoms with Crippen LogP contribution in [0.4, 0.5) is 14.5 Å². The van der Waals surface area contributed by atoms with E-state index < -0.39 is 11.6 Å². The Hall–Kier alpha value is -3.98. The van der Waals surface area contributed by atoms with Crippen molar-refractivity contribution in [3.63, 3.8) is 0 Å². The highest BCUT2D eigenvalue weighted by Gasteiger charge is 2.34. The average molecular weight is 548 g/mol. The molecule has 9 nitrogen and oxygen atoms in total. The lowest BCUT2D eigenvalue weighted by Gasteiger charge is -2.42. The van der Waals surface area contributed by atoms with Crippen molar-refractivity contribution < 1.29 is 18.6 Å². The fourth-order valence-electron chi connectivity index (χ4n) is 5.40. The van der Waals surface area contributed by atoms with Crippen molar-refractivity contribution in [1.82, 2.24) is 19.6 Å². The van der Waals surface area contributed by atoms with Crippen LogP contribution in [0.25, 0.3) is 16.8 Å². The van der Waals surface area contributed by atoms with E-state index in [1.807, 2.05) is 6.07 Å². The molecule has 0 amide bonds. The Bertz CT molecular complexity index is 1500. The number of aliphatic hydroxyl groups excluding tert-OH is 1. The van der Waals surface area contributed by atoms with E-state index in [0.29, 0.717) is 42.9 Å². The number of rotatable bonds is 9. The van der Waals surface area contributed by atoms with Crippen LogP contribution in [-0.4, -0.2) is 63.1 Å². The lowest BCUT2D eigenvalue weighted by molar-refractivity contribution is -0.00335. The molecule has 0 aliphatic carbocycles. The summed E-state index contributed by atoms with van der Waals surface area (Å²) in [5.74, 6) is -0.738. The van der Waals surface area contributed by atoms with Gasteiger partial charge >= 0.3 is 0 Å². The Labute approximate surface area is 230 Å². The Morgan fingerprint density at radius 2 is 1.98 bits per heavy atom. The van der Waals surface area contributed by atoms with Gasteiger partial charge in [-0.3, -0.25) is 4.98 Å². The molecule has 1 aliphatic heterocycles. The summed E-state index contributed by atoms with van der Waals surface area (Å²) in [5, 5.41) is 22.5. The molecule has 3 N–H and O–H groups in total. The summed E-state index contributed by atoms with van der Waals surface area (Å²) in [6.45, 7) is 3.55. The number of hydrogen-bond donors (Lipinski definition) is 2. The number of pyridine rings is 1. The second kappa shape index (κ2) is 12.0. The van der Waals surface area contributed by atoms with Crippen molar-refractivity contribution in [2.75, 3.05) is 31.2 Å². The summed E-state index contributed by atoms with van der Waals surface area (Å²) >= 11 is 0. The molecule has 1 saturated heterocycles. The Balaban J connectivity index is 1.42. The maximum Gasteiger partial charge on any atom is 0.135 e. The third kappa shape index (κ3) is 5.65. The molecule has 1 fully saturated rings. The van der Waals surface area contributed by atoms with Crippen molar-refractivity contribution in [2.24, 2.45) is 11.7 Å². The monoisotopic (exact) mass is 547 g/mol. The van der Waals surface area contributed by atoms with Crippen molar-refractivity contribution in [3.8, 4) is 17.3 Å². The fraction of sp³-hybridized carbons (Fsp3) is 0.379. The van der Waals surface area contributed by atoms with Crippen LogP contribution in [0.1, 0.15) is 30.3 Å². The normalized spacial score (nSPS) is 19.2. The van der Waals surface area contributed by atoms with Gasteiger partial charge in [-0.2, -0.15) is 10.4 Å². The van der Waals surface area contributed by atoms with Gasteiger partial charge in [0.1, 0.15) is 17.5 Å². The molecule has 4 aromatic rings. The summed E-state index contributed by atoms with van der Waals surface area (Å²) in [4.78, 5) is 11.1. The first-order valence-electron chi connectivity index (χ1n) is 13.2. The molecule has 0 bridgehead atoms. The number of fused-ring (bicyclic) bond motifs is 1. The van der Waals surface area contributed by atoms with Gasteiger partial charge in [-0.1, -0.05) is 6.92 Å². The number of nitriles is 1. The zero-order valence-electron chi connectivity index (χ0n) is 22.2. The van der Waals surface area contributed by atoms with Crippen molar-refractivity contribution >= 4 is 11.2 Å². The second-order valence-corrected chi connectivity index (χ2v) is 10.1. The largest absolute Gasteiger partial charge is 0.396 e. The summed E-state index contributed by atoms with van der Waals surface area (Å²) in [6, 6.07) is 9.55. The summed E-state index contributed by atoms with van der Waals surface area (Å²) in [6.07, 6.45) is 5.93. The molecule has 0 saturated carbocycles. The number of nitrogens with two attached hydrogens (primary N) is 1. The average Bonchev–Trinajstić information content (AvgIpc) is 3.32. The van der Waals surface area contributed by atoms with Gasteiger partial charge in [-0.15, -0.1) is 0 Å². The molecule has 11 heteroatoms. The van der Waals surface area contributed by atoms with Crippen LogP contribution in [0.2, 0.25) is 0 Å². The van der Waals surface area contributed by atoms with Gasteiger partial charge in [-0.25, -0.2) is 18.3 Å². The predicted molar refractivity (Wildman–Crippen MR) is 145 cm³/mol. The van der Waals surface area contributed by atoms with Crippen LogP contribution in [0.15, 0.2) is 48.9 Å². The molecular weight excluding hydrogens is 516 g/mol. The van der Waals surface area contributed by atoms with Crippen molar-refractivity contribution in [3.05, 3.63) is 77.5 Å². The predicted octanol–water partition coefficient (Wildman–Crippen LogP) is 3.28. The third-order valence-corrected chi connectivity index (χ3v) is 7.23. The molecule has 4 heterocycles. The van der Waals surface area contributed by atoms with Crippen molar-refractivity contribution in [1.29, 1.82) is 5.26 Å². The van der Waals surface area contributed by atoms with E-state index in [1.54, 1.807) is 35.2 Å². The van der Waals surface area contributed by atoms with E-state index in [1.165, 1.54) is 12.1 Å². The first-order chi connectivity index (χ1) is 19.4. The molecule has 0 radical (unpaired) electrons. The topological polar surface area (TPSA) is 126 Å². The van der Waals surface area contributed by atoms with Crippen LogP contribution < -0.4 is 10.6 Å². The molecule has 3 aromatic heterocycles. The maximum atomic E-state index is 14.9. The molecule has 1 aromatic carbocycles. The zero-order valence-corrected chi connectivity index (χ0v) is 22.2. The van der Waals surface area contributed by atoms with Gasteiger partial charge < -0.3 is 20.5 Å². The number of aliphatic hydroxyl groups is 1. The number of aromatic nitrogens is 4. The smallest absolute Gasteiger partial charge is 0.135 e. The van der Waals surface area contributed by atoms with E-state index in [9.17, 15) is 8.78 Å². The maximum absolute atomic E-state index is 14.9. The van der Waals surface area contributed by atoms with E-state index in [0.717, 1.165) is 17.8 Å². The highest BCUT2D eigenvalue weighted by Crippen LogP contribution is 2.30. The molecule has 40 heavy (non-hydrogen) atoms. The van der Waals surface area contributed by atoms with Gasteiger partial charge in [-0.05, 0) is 42.3 Å². The minimum Gasteiger partial charge on any atom is -0.396 e. The summed E-state index contributed by atoms with van der Waals surface area (Å²) in [5.41, 5.74) is 9.36.